The smallest absolute Gasteiger partial charge is 0.200 e. The van der Waals surface area contributed by atoms with E-state index < -0.39 is 18.2 Å². The third kappa shape index (κ3) is 1.98. The molecule has 1 aromatic carbocycles. The molecular formula is C10H9F2N3OS. The number of H-pyrrole nitrogens is 1. The molecule has 2 aromatic rings. The van der Waals surface area contributed by atoms with Crippen molar-refractivity contribution in [1.29, 1.82) is 0 Å². The van der Waals surface area contributed by atoms with Crippen LogP contribution < -0.4 is 0 Å². The average molecular weight is 257 g/mol. The molecule has 0 spiro atoms. The fraction of sp³-hybridized carbons (Fsp3) is 0.200. The molecule has 1 heterocycles. The molecule has 1 aromatic heterocycles. The number of hydrogen-bond acceptors (Lipinski definition) is 3. The molecule has 7 heteroatoms. The lowest BCUT2D eigenvalue weighted by Gasteiger charge is -2.08. The fourth-order valence-corrected chi connectivity index (χ4v) is 1.74. The van der Waals surface area contributed by atoms with Gasteiger partial charge < -0.3 is 5.11 Å². The summed E-state index contributed by atoms with van der Waals surface area (Å²) in [6, 6.07) is 2.09. The Bertz CT molecular complexity index is 620. The van der Waals surface area contributed by atoms with Crippen LogP contribution in [0.5, 0.6) is 0 Å². The largest absolute Gasteiger partial charge is 0.388 e. The molecule has 0 saturated heterocycles. The summed E-state index contributed by atoms with van der Waals surface area (Å²) in [5.41, 5.74) is 0.128. The first-order chi connectivity index (χ1) is 8.04. The summed E-state index contributed by atoms with van der Waals surface area (Å²) in [6.45, 7) is 1.03. The predicted molar refractivity (Wildman–Crippen MR) is 59.3 cm³/mol. The number of nitrogens with zero attached hydrogens (tertiary/aromatic N) is 2. The molecule has 4 nitrogen and oxygen atoms in total. The van der Waals surface area contributed by atoms with E-state index in [-0.39, 0.29) is 21.8 Å². The minimum absolute atomic E-state index is 0.0732. The van der Waals surface area contributed by atoms with Gasteiger partial charge in [-0.25, -0.2) is 8.78 Å². The number of benzene rings is 1. The lowest BCUT2D eigenvalue weighted by Crippen LogP contribution is -2.05. The maximum absolute atomic E-state index is 13.7. The Hall–Kier alpha value is -1.60. The molecule has 0 atom stereocenters. The molecule has 0 saturated carbocycles. The van der Waals surface area contributed by atoms with E-state index in [1.165, 1.54) is 6.92 Å². The Kier molecular flexibility index (Phi) is 3.03. The second kappa shape index (κ2) is 4.34. The Balaban J connectivity index is 2.72. The Morgan fingerprint density at radius 3 is 2.76 bits per heavy atom. The zero-order valence-corrected chi connectivity index (χ0v) is 9.68. The van der Waals surface area contributed by atoms with E-state index in [9.17, 15) is 8.78 Å². The summed E-state index contributed by atoms with van der Waals surface area (Å²) in [5, 5.41) is 15.2. The average Bonchev–Trinajstić information content (AvgIpc) is 2.65. The molecule has 0 aliphatic heterocycles. The van der Waals surface area contributed by atoms with Gasteiger partial charge in [-0.1, -0.05) is 0 Å². The number of rotatable bonds is 2. The number of halogens is 2. The van der Waals surface area contributed by atoms with Crippen molar-refractivity contribution in [3.05, 3.63) is 39.9 Å². The molecule has 90 valence electrons. The highest BCUT2D eigenvalue weighted by atomic mass is 32.1. The van der Waals surface area contributed by atoms with Crippen molar-refractivity contribution in [2.75, 3.05) is 0 Å². The van der Waals surface area contributed by atoms with Crippen molar-refractivity contribution in [3.63, 3.8) is 0 Å². The zero-order chi connectivity index (χ0) is 12.6. The van der Waals surface area contributed by atoms with E-state index in [1.807, 2.05) is 0 Å². The van der Waals surface area contributed by atoms with Crippen LogP contribution in [0.4, 0.5) is 8.78 Å². The minimum Gasteiger partial charge on any atom is -0.388 e. The Labute approximate surface area is 101 Å². The number of aryl methyl sites for hydroxylation is 1. The molecule has 0 radical (unpaired) electrons. The van der Waals surface area contributed by atoms with Gasteiger partial charge in [-0.15, -0.1) is 0 Å². The SMILES string of the molecule is Cc1cc(F)c(-n2c(CO)n[nH]c2=S)cc1F. The Morgan fingerprint density at radius 2 is 2.12 bits per heavy atom. The normalized spacial score (nSPS) is 10.8. The molecule has 0 fully saturated rings. The highest BCUT2D eigenvalue weighted by Gasteiger charge is 2.14. The third-order valence-corrected chi connectivity index (χ3v) is 2.63. The van der Waals surface area contributed by atoms with Crippen LogP contribution in [0, 0.1) is 23.3 Å². The van der Waals surface area contributed by atoms with E-state index in [0.717, 1.165) is 16.7 Å². The van der Waals surface area contributed by atoms with E-state index in [4.69, 9.17) is 17.3 Å². The second-order valence-electron chi connectivity index (χ2n) is 3.49. The van der Waals surface area contributed by atoms with Gasteiger partial charge in [-0.2, -0.15) is 5.10 Å². The van der Waals surface area contributed by atoms with Crippen molar-refractivity contribution in [1.82, 2.24) is 14.8 Å². The van der Waals surface area contributed by atoms with Gasteiger partial charge in [0.2, 0.25) is 0 Å². The first-order valence-corrected chi connectivity index (χ1v) is 5.18. The number of aromatic amines is 1. The summed E-state index contributed by atoms with van der Waals surface area (Å²) >= 11 is 4.90. The molecule has 0 unspecified atom stereocenters. The minimum atomic E-state index is -0.629. The van der Waals surface area contributed by atoms with Crippen LogP contribution in [0.15, 0.2) is 12.1 Å². The molecule has 0 aliphatic rings. The van der Waals surface area contributed by atoms with Gasteiger partial charge in [0, 0.05) is 6.07 Å². The molecule has 17 heavy (non-hydrogen) atoms. The summed E-state index contributed by atoms with van der Waals surface area (Å²) in [4.78, 5) is 0. The molecule has 0 aliphatic carbocycles. The van der Waals surface area contributed by atoms with Gasteiger partial charge in [-0.3, -0.25) is 9.67 Å². The van der Waals surface area contributed by atoms with Gasteiger partial charge in [0.05, 0.1) is 5.69 Å². The van der Waals surface area contributed by atoms with Crippen molar-refractivity contribution >= 4 is 12.2 Å². The number of aliphatic hydroxyl groups is 1. The van der Waals surface area contributed by atoms with Crippen molar-refractivity contribution in [2.24, 2.45) is 0 Å². The summed E-state index contributed by atoms with van der Waals surface area (Å²) in [5.74, 6) is -1.05. The van der Waals surface area contributed by atoms with E-state index in [2.05, 4.69) is 10.2 Å². The molecular weight excluding hydrogens is 248 g/mol. The molecule has 2 N–H and O–H groups in total. The van der Waals surface area contributed by atoms with Crippen LogP contribution in [0.25, 0.3) is 5.69 Å². The van der Waals surface area contributed by atoms with Crippen molar-refractivity contribution in [2.45, 2.75) is 13.5 Å². The maximum atomic E-state index is 13.7. The number of hydrogen-bond donors (Lipinski definition) is 2. The van der Waals surface area contributed by atoms with Crippen LogP contribution in [0.1, 0.15) is 11.4 Å². The topological polar surface area (TPSA) is 53.8 Å². The van der Waals surface area contributed by atoms with Crippen LogP contribution in [0.3, 0.4) is 0 Å². The van der Waals surface area contributed by atoms with Crippen LogP contribution in [-0.2, 0) is 6.61 Å². The lowest BCUT2D eigenvalue weighted by atomic mass is 10.2. The van der Waals surface area contributed by atoms with Crippen molar-refractivity contribution in [3.8, 4) is 5.69 Å². The molecule has 2 rings (SSSR count). The predicted octanol–water partition coefficient (Wildman–Crippen LogP) is 2.01. The standard InChI is InChI=1S/C10H9F2N3OS/c1-5-2-7(12)8(3-6(5)11)15-9(4-16)13-14-10(15)17/h2-3,16H,4H2,1H3,(H,14,17). The van der Waals surface area contributed by atoms with Gasteiger partial charge in [0.1, 0.15) is 18.2 Å². The molecule has 0 bridgehead atoms. The van der Waals surface area contributed by atoms with Gasteiger partial charge in [-0.05, 0) is 30.8 Å². The third-order valence-electron chi connectivity index (χ3n) is 2.35. The maximum Gasteiger partial charge on any atom is 0.200 e. The number of aromatic nitrogens is 3. The Morgan fingerprint density at radius 1 is 1.41 bits per heavy atom. The summed E-state index contributed by atoms with van der Waals surface area (Å²) < 4.78 is 28.4. The fourth-order valence-electron chi connectivity index (χ4n) is 1.49. The van der Waals surface area contributed by atoms with Gasteiger partial charge in [0.15, 0.2) is 10.6 Å². The van der Waals surface area contributed by atoms with E-state index in [0.29, 0.717) is 0 Å². The first-order valence-electron chi connectivity index (χ1n) is 4.77. The number of nitrogens with one attached hydrogen (secondary N) is 1. The van der Waals surface area contributed by atoms with E-state index >= 15 is 0 Å². The highest BCUT2D eigenvalue weighted by molar-refractivity contribution is 7.71. The van der Waals surface area contributed by atoms with E-state index in [1.54, 1.807) is 0 Å². The monoisotopic (exact) mass is 257 g/mol. The molecule has 0 amide bonds. The first kappa shape index (κ1) is 11.9. The van der Waals surface area contributed by atoms with Crippen LogP contribution >= 0.6 is 12.2 Å². The number of aliphatic hydroxyl groups excluding tert-OH is 1. The summed E-state index contributed by atoms with van der Waals surface area (Å²) in [6.07, 6.45) is 0. The van der Waals surface area contributed by atoms with Crippen molar-refractivity contribution < 1.29 is 13.9 Å². The quantitative estimate of drug-likeness (QED) is 0.809. The zero-order valence-electron chi connectivity index (χ0n) is 8.87. The highest BCUT2D eigenvalue weighted by Crippen LogP contribution is 2.19. The summed E-state index contributed by atoms with van der Waals surface area (Å²) in [7, 11) is 0. The van der Waals surface area contributed by atoms with Crippen LogP contribution in [-0.4, -0.2) is 19.9 Å². The van der Waals surface area contributed by atoms with Gasteiger partial charge in [0.25, 0.3) is 0 Å². The second-order valence-corrected chi connectivity index (χ2v) is 3.88. The van der Waals surface area contributed by atoms with Gasteiger partial charge >= 0.3 is 0 Å². The lowest BCUT2D eigenvalue weighted by molar-refractivity contribution is 0.268. The van der Waals surface area contributed by atoms with Crippen LogP contribution in [0.2, 0.25) is 0 Å².